The molecule has 1 amide bonds. The molecule has 0 fully saturated rings. The molecule has 0 unspecified atom stereocenters. The van der Waals surface area contributed by atoms with Crippen LogP contribution >= 0.6 is 0 Å². The van der Waals surface area contributed by atoms with Gasteiger partial charge < -0.3 is 19.9 Å². The summed E-state index contributed by atoms with van der Waals surface area (Å²) in [7, 11) is 1.37. The van der Waals surface area contributed by atoms with Crippen molar-refractivity contribution < 1.29 is 24.2 Å². The van der Waals surface area contributed by atoms with Gasteiger partial charge >= 0.3 is 5.97 Å². The molecular weight excluding hydrogens is 214 g/mol. The fourth-order valence-electron chi connectivity index (χ4n) is 1.44. The lowest BCUT2D eigenvalue weighted by atomic mass is 10.1. The Morgan fingerprint density at radius 1 is 1.56 bits per heavy atom. The van der Waals surface area contributed by atoms with Crippen LogP contribution in [-0.4, -0.2) is 30.7 Å². The number of hydrogen-bond acceptors (Lipinski definition) is 4. The smallest absolute Gasteiger partial charge is 0.339 e. The van der Waals surface area contributed by atoms with Crippen molar-refractivity contribution in [3.05, 3.63) is 17.7 Å². The van der Waals surface area contributed by atoms with Crippen molar-refractivity contribution in [3.8, 4) is 11.5 Å². The molecule has 0 radical (unpaired) electrons. The molecule has 84 valence electrons. The number of carboxylic acids is 1. The van der Waals surface area contributed by atoms with E-state index in [-0.39, 0.29) is 23.8 Å². The third kappa shape index (κ3) is 1.65. The Bertz CT molecular complexity index is 469. The van der Waals surface area contributed by atoms with Crippen LogP contribution in [0.15, 0.2) is 12.1 Å². The van der Waals surface area contributed by atoms with Crippen LogP contribution in [0.3, 0.4) is 0 Å². The van der Waals surface area contributed by atoms with E-state index in [4.69, 9.17) is 14.6 Å². The molecule has 0 atom stereocenters. The molecule has 0 spiro atoms. The number of anilines is 1. The average Bonchev–Trinajstić information content (AvgIpc) is 2.27. The first kappa shape index (κ1) is 10.3. The number of methoxy groups -OCH3 is 1. The van der Waals surface area contributed by atoms with Gasteiger partial charge in [0.05, 0.1) is 12.8 Å². The van der Waals surface area contributed by atoms with Crippen molar-refractivity contribution in [1.82, 2.24) is 0 Å². The maximum atomic E-state index is 11.0. The van der Waals surface area contributed by atoms with E-state index in [1.165, 1.54) is 19.2 Å². The summed E-state index contributed by atoms with van der Waals surface area (Å²) >= 11 is 0. The number of aromatic carboxylic acids is 1. The summed E-state index contributed by atoms with van der Waals surface area (Å²) < 4.78 is 10.1. The Balaban J connectivity index is 2.52. The first-order valence-corrected chi connectivity index (χ1v) is 4.50. The zero-order valence-corrected chi connectivity index (χ0v) is 8.44. The normalized spacial score (nSPS) is 13.4. The van der Waals surface area contributed by atoms with Crippen LogP contribution in [0.25, 0.3) is 0 Å². The summed E-state index contributed by atoms with van der Waals surface area (Å²) in [5.41, 5.74) is 0.321. The molecule has 2 rings (SSSR count). The first-order chi connectivity index (χ1) is 7.61. The summed E-state index contributed by atoms with van der Waals surface area (Å²) in [6.45, 7) is -0.0808. The van der Waals surface area contributed by atoms with Crippen LogP contribution < -0.4 is 14.8 Å². The minimum absolute atomic E-state index is 0.0212. The highest BCUT2D eigenvalue weighted by molar-refractivity contribution is 5.99. The molecule has 0 saturated heterocycles. The predicted octanol–water partition coefficient (Wildman–Crippen LogP) is 0.724. The highest BCUT2D eigenvalue weighted by Crippen LogP contribution is 2.34. The van der Waals surface area contributed by atoms with Gasteiger partial charge in [0.15, 0.2) is 6.61 Å². The third-order valence-electron chi connectivity index (χ3n) is 2.16. The second kappa shape index (κ2) is 3.73. The van der Waals surface area contributed by atoms with Gasteiger partial charge in [-0.15, -0.1) is 0 Å². The standard InChI is InChI=1S/C10H9NO5/c1-15-7-3-8-6(2-5(7)10(13)14)11-9(12)4-16-8/h2-3H,4H2,1H3,(H,11,12)(H,13,14). The number of hydrogen-bond donors (Lipinski definition) is 2. The summed E-state index contributed by atoms with van der Waals surface area (Å²) in [4.78, 5) is 22.0. The summed E-state index contributed by atoms with van der Waals surface area (Å²) in [6.07, 6.45) is 0. The van der Waals surface area contributed by atoms with E-state index in [1.54, 1.807) is 0 Å². The number of amides is 1. The summed E-state index contributed by atoms with van der Waals surface area (Å²) in [5, 5.41) is 11.5. The molecule has 2 N–H and O–H groups in total. The minimum atomic E-state index is -1.13. The quantitative estimate of drug-likeness (QED) is 0.771. The second-order valence-corrected chi connectivity index (χ2v) is 3.19. The van der Waals surface area contributed by atoms with E-state index in [0.717, 1.165) is 0 Å². The molecule has 0 saturated carbocycles. The number of ether oxygens (including phenoxy) is 2. The Kier molecular flexibility index (Phi) is 2.40. The zero-order chi connectivity index (χ0) is 11.7. The van der Waals surface area contributed by atoms with E-state index >= 15 is 0 Å². The van der Waals surface area contributed by atoms with Crippen molar-refractivity contribution in [2.75, 3.05) is 19.0 Å². The largest absolute Gasteiger partial charge is 0.496 e. The number of carbonyl (C=O) groups is 2. The maximum Gasteiger partial charge on any atom is 0.339 e. The molecule has 1 aromatic carbocycles. The van der Waals surface area contributed by atoms with Crippen LogP contribution in [0, 0.1) is 0 Å². The van der Waals surface area contributed by atoms with Crippen LogP contribution in [0.1, 0.15) is 10.4 Å². The number of carboxylic acid groups (broad SMARTS) is 1. The number of nitrogens with one attached hydrogen (secondary N) is 1. The summed E-state index contributed by atoms with van der Waals surface area (Å²) in [6, 6.07) is 2.76. The average molecular weight is 223 g/mol. The third-order valence-corrected chi connectivity index (χ3v) is 2.16. The van der Waals surface area contributed by atoms with Gasteiger partial charge in [-0.3, -0.25) is 4.79 Å². The first-order valence-electron chi connectivity index (χ1n) is 4.50. The molecule has 1 aromatic rings. The molecule has 16 heavy (non-hydrogen) atoms. The minimum Gasteiger partial charge on any atom is -0.496 e. The van der Waals surface area contributed by atoms with Crippen molar-refractivity contribution in [2.45, 2.75) is 0 Å². The van der Waals surface area contributed by atoms with Gasteiger partial charge in [0, 0.05) is 6.07 Å². The van der Waals surface area contributed by atoms with Crippen molar-refractivity contribution in [1.29, 1.82) is 0 Å². The molecule has 1 aliphatic heterocycles. The number of fused-ring (bicyclic) bond motifs is 1. The monoisotopic (exact) mass is 223 g/mol. The molecule has 0 aromatic heterocycles. The van der Waals surface area contributed by atoms with Crippen LogP contribution in [-0.2, 0) is 4.79 Å². The number of carbonyl (C=O) groups excluding carboxylic acids is 1. The topological polar surface area (TPSA) is 84.9 Å². The molecule has 1 aliphatic rings. The highest BCUT2D eigenvalue weighted by Gasteiger charge is 2.21. The van der Waals surface area contributed by atoms with Crippen LogP contribution in [0.2, 0.25) is 0 Å². The lowest BCUT2D eigenvalue weighted by molar-refractivity contribution is -0.118. The second-order valence-electron chi connectivity index (χ2n) is 3.19. The lowest BCUT2D eigenvalue weighted by Crippen LogP contribution is -2.25. The van der Waals surface area contributed by atoms with Gasteiger partial charge in [-0.2, -0.15) is 0 Å². The Morgan fingerprint density at radius 2 is 2.31 bits per heavy atom. The van der Waals surface area contributed by atoms with E-state index < -0.39 is 5.97 Å². The fraction of sp³-hybridized carbons (Fsp3) is 0.200. The SMILES string of the molecule is COc1cc2c(cc1C(=O)O)NC(=O)CO2. The number of benzene rings is 1. The van der Waals surface area contributed by atoms with Gasteiger partial charge in [-0.05, 0) is 6.07 Å². The lowest BCUT2D eigenvalue weighted by Gasteiger charge is -2.19. The van der Waals surface area contributed by atoms with Crippen LogP contribution in [0.5, 0.6) is 11.5 Å². The fourth-order valence-corrected chi connectivity index (χ4v) is 1.44. The highest BCUT2D eigenvalue weighted by atomic mass is 16.5. The van der Waals surface area contributed by atoms with Gasteiger partial charge in [0.2, 0.25) is 0 Å². The molecule has 1 heterocycles. The van der Waals surface area contributed by atoms with E-state index in [1.807, 2.05) is 0 Å². The molecule has 0 aliphatic carbocycles. The maximum absolute atomic E-state index is 11.0. The van der Waals surface area contributed by atoms with Crippen molar-refractivity contribution >= 4 is 17.6 Å². The number of rotatable bonds is 2. The Labute approximate surface area is 90.8 Å². The van der Waals surface area contributed by atoms with Gasteiger partial charge in [0.1, 0.15) is 17.1 Å². The van der Waals surface area contributed by atoms with Gasteiger partial charge in [-0.1, -0.05) is 0 Å². The van der Waals surface area contributed by atoms with E-state index in [0.29, 0.717) is 11.4 Å². The zero-order valence-electron chi connectivity index (χ0n) is 8.44. The van der Waals surface area contributed by atoms with Crippen molar-refractivity contribution in [2.24, 2.45) is 0 Å². The van der Waals surface area contributed by atoms with Gasteiger partial charge in [0.25, 0.3) is 5.91 Å². The van der Waals surface area contributed by atoms with Crippen LogP contribution in [0.4, 0.5) is 5.69 Å². The van der Waals surface area contributed by atoms with E-state index in [9.17, 15) is 9.59 Å². The van der Waals surface area contributed by atoms with Crippen molar-refractivity contribution in [3.63, 3.8) is 0 Å². The molecule has 0 bridgehead atoms. The molecule has 6 heteroatoms. The van der Waals surface area contributed by atoms with Gasteiger partial charge in [-0.25, -0.2) is 4.79 Å². The molecule has 6 nitrogen and oxygen atoms in total. The molecular formula is C10H9NO5. The van der Waals surface area contributed by atoms with E-state index in [2.05, 4.69) is 5.32 Å². The Morgan fingerprint density at radius 3 is 2.94 bits per heavy atom. The predicted molar refractivity (Wildman–Crippen MR) is 54.1 cm³/mol. The Hall–Kier alpha value is -2.24. The summed E-state index contributed by atoms with van der Waals surface area (Å²) in [5.74, 6) is -0.836.